The normalized spacial score (nSPS) is 21.6. The van der Waals surface area contributed by atoms with Gasteiger partial charge in [-0.25, -0.2) is 4.79 Å². The van der Waals surface area contributed by atoms with Gasteiger partial charge in [-0.15, -0.1) is 0 Å². The van der Waals surface area contributed by atoms with Crippen molar-refractivity contribution in [2.24, 2.45) is 11.8 Å². The first-order valence-corrected chi connectivity index (χ1v) is 6.20. The molecule has 0 saturated heterocycles. The van der Waals surface area contributed by atoms with E-state index in [0.717, 1.165) is 0 Å². The molecule has 2 rings (SSSR count). The van der Waals surface area contributed by atoms with Crippen molar-refractivity contribution < 1.29 is 24.2 Å². The molecule has 1 unspecified atom stereocenters. The zero-order chi connectivity index (χ0) is 14.7. The van der Waals surface area contributed by atoms with Crippen LogP contribution in [0.5, 0.6) is 0 Å². The number of nitrogens with one attached hydrogen (secondary N) is 1. The van der Waals surface area contributed by atoms with E-state index in [4.69, 9.17) is 5.11 Å². The van der Waals surface area contributed by atoms with Crippen molar-refractivity contribution in [1.29, 1.82) is 0 Å². The molecule has 6 nitrogen and oxygen atoms in total. The summed E-state index contributed by atoms with van der Waals surface area (Å²) < 4.78 is 4.67. The summed E-state index contributed by atoms with van der Waals surface area (Å²) >= 11 is 0. The highest BCUT2D eigenvalue weighted by molar-refractivity contribution is 5.92. The summed E-state index contributed by atoms with van der Waals surface area (Å²) in [5.41, 5.74) is 0.597. The van der Waals surface area contributed by atoms with Crippen LogP contribution in [0.1, 0.15) is 18.0 Å². The number of ether oxygens (including phenoxy) is 1. The van der Waals surface area contributed by atoms with Crippen molar-refractivity contribution in [3.8, 4) is 0 Å². The molecule has 1 saturated carbocycles. The average Bonchev–Trinajstić information content (AvgIpc) is 3.25. The predicted octanol–water partition coefficient (Wildman–Crippen LogP) is 0.738. The van der Waals surface area contributed by atoms with E-state index in [9.17, 15) is 14.4 Å². The van der Waals surface area contributed by atoms with E-state index >= 15 is 0 Å². The molecular formula is C14H15NO5. The standard InChI is InChI=1S/C14H15NO5/c1-20-14(19)11(8-5-3-2-4-6-8)15-12(16)9-7-10(9)13(17)18/h2-6,9-11H,7H2,1H3,(H,15,16)(H,17,18)/t9-,10+,11?/m1/s1. The Hall–Kier alpha value is -2.37. The summed E-state index contributed by atoms with van der Waals surface area (Å²) in [5.74, 6) is -3.22. The van der Waals surface area contributed by atoms with E-state index in [1.807, 2.05) is 0 Å². The lowest BCUT2D eigenvalue weighted by Crippen LogP contribution is -2.36. The first-order valence-electron chi connectivity index (χ1n) is 6.20. The van der Waals surface area contributed by atoms with Crippen LogP contribution in [0.3, 0.4) is 0 Å². The van der Waals surface area contributed by atoms with E-state index in [1.54, 1.807) is 30.3 Å². The van der Waals surface area contributed by atoms with Gasteiger partial charge in [-0.3, -0.25) is 9.59 Å². The molecule has 106 valence electrons. The fourth-order valence-electron chi connectivity index (χ4n) is 2.05. The molecule has 1 aliphatic carbocycles. The van der Waals surface area contributed by atoms with E-state index in [2.05, 4.69) is 10.1 Å². The van der Waals surface area contributed by atoms with Crippen molar-refractivity contribution in [1.82, 2.24) is 5.32 Å². The molecule has 1 aliphatic rings. The molecule has 0 radical (unpaired) electrons. The zero-order valence-corrected chi connectivity index (χ0v) is 10.9. The van der Waals surface area contributed by atoms with Crippen LogP contribution in [0.2, 0.25) is 0 Å². The number of hydrogen-bond acceptors (Lipinski definition) is 4. The number of hydrogen-bond donors (Lipinski definition) is 2. The maximum atomic E-state index is 11.9. The maximum absolute atomic E-state index is 11.9. The van der Waals surface area contributed by atoms with Gasteiger partial charge in [0, 0.05) is 0 Å². The third-order valence-corrected chi connectivity index (χ3v) is 3.30. The molecule has 1 aromatic rings. The number of amides is 1. The van der Waals surface area contributed by atoms with Gasteiger partial charge in [0.1, 0.15) is 0 Å². The monoisotopic (exact) mass is 277 g/mol. The molecule has 1 amide bonds. The molecule has 0 heterocycles. The number of carboxylic acids is 1. The highest BCUT2D eigenvalue weighted by Gasteiger charge is 2.49. The van der Waals surface area contributed by atoms with Crippen LogP contribution in [0.15, 0.2) is 30.3 Å². The Balaban J connectivity index is 2.08. The summed E-state index contributed by atoms with van der Waals surface area (Å²) in [4.78, 5) is 34.4. The van der Waals surface area contributed by atoms with Gasteiger partial charge in [0.2, 0.25) is 5.91 Å². The van der Waals surface area contributed by atoms with Gasteiger partial charge in [-0.05, 0) is 12.0 Å². The summed E-state index contributed by atoms with van der Waals surface area (Å²) in [6, 6.07) is 7.76. The van der Waals surface area contributed by atoms with Crippen LogP contribution >= 0.6 is 0 Å². The van der Waals surface area contributed by atoms with Crippen LogP contribution in [0.4, 0.5) is 0 Å². The Morgan fingerprint density at radius 1 is 1.25 bits per heavy atom. The molecule has 3 atom stereocenters. The number of rotatable bonds is 5. The quantitative estimate of drug-likeness (QED) is 0.774. The third-order valence-electron chi connectivity index (χ3n) is 3.30. The first kappa shape index (κ1) is 14.0. The minimum atomic E-state index is -0.987. The molecule has 0 aliphatic heterocycles. The summed E-state index contributed by atoms with van der Waals surface area (Å²) in [6.45, 7) is 0. The largest absolute Gasteiger partial charge is 0.481 e. The number of esters is 1. The second-order valence-electron chi connectivity index (χ2n) is 4.66. The molecule has 6 heteroatoms. The molecule has 1 fully saturated rings. The van der Waals surface area contributed by atoms with Crippen LogP contribution < -0.4 is 5.32 Å². The lowest BCUT2D eigenvalue weighted by Gasteiger charge is -2.16. The van der Waals surface area contributed by atoms with Gasteiger partial charge in [0.25, 0.3) is 0 Å². The molecule has 1 aromatic carbocycles. The number of methoxy groups -OCH3 is 1. The van der Waals surface area contributed by atoms with Gasteiger partial charge in [-0.2, -0.15) is 0 Å². The third kappa shape index (κ3) is 2.96. The number of carbonyl (C=O) groups excluding carboxylic acids is 2. The smallest absolute Gasteiger partial charge is 0.333 e. The minimum absolute atomic E-state index is 0.309. The lowest BCUT2D eigenvalue weighted by atomic mass is 10.1. The van der Waals surface area contributed by atoms with E-state index in [1.165, 1.54) is 7.11 Å². The van der Waals surface area contributed by atoms with Crippen molar-refractivity contribution in [3.63, 3.8) is 0 Å². The highest BCUT2D eigenvalue weighted by Crippen LogP contribution is 2.39. The summed E-state index contributed by atoms with van der Waals surface area (Å²) in [7, 11) is 1.24. The zero-order valence-electron chi connectivity index (χ0n) is 10.9. The molecule has 0 aromatic heterocycles. The molecule has 0 bridgehead atoms. The average molecular weight is 277 g/mol. The van der Waals surface area contributed by atoms with Crippen molar-refractivity contribution >= 4 is 17.8 Å². The van der Waals surface area contributed by atoms with Crippen LogP contribution in [0, 0.1) is 11.8 Å². The highest BCUT2D eigenvalue weighted by atomic mass is 16.5. The second kappa shape index (κ2) is 5.73. The summed E-state index contributed by atoms with van der Waals surface area (Å²) in [5, 5.41) is 11.4. The molecular weight excluding hydrogens is 262 g/mol. The van der Waals surface area contributed by atoms with Crippen molar-refractivity contribution in [2.45, 2.75) is 12.5 Å². The van der Waals surface area contributed by atoms with Gasteiger partial charge in [0.05, 0.1) is 18.9 Å². The van der Waals surface area contributed by atoms with E-state index in [-0.39, 0.29) is 0 Å². The number of benzene rings is 1. The van der Waals surface area contributed by atoms with E-state index in [0.29, 0.717) is 12.0 Å². The fourth-order valence-corrected chi connectivity index (χ4v) is 2.05. The SMILES string of the molecule is COC(=O)C(NC(=O)[C@@H]1C[C@@H]1C(=O)O)c1ccccc1. The molecule has 20 heavy (non-hydrogen) atoms. The lowest BCUT2D eigenvalue weighted by molar-refractivity contribution is -0.145. The van der Waals surface area contributed by atoms with Crippen molar-refractivity contribution in [2.75, 3.05) is 7.11 Å². The van der Waals surface area contributed by atoms with Crippen molar-refractivity contribution in [3.05, 3.63) is 35.9 Å². The second-order valence-corrected chi connectivity index (χ2v) is 4.66. The fraction of sp³-hybridized carbons (Fsp3) is 0.357. The van der Waals surface area contributed by atoms with Crippen LogP contribution in [-0.2, 0) is 19.1 Å². The topological polar surface area (TPSA) is 92.7 Å². The Morgan fingerprint density at radius 3 is 2.40 bits per heavy atom. The predicted molar refractivity (Wildman–Crippen MR) is 68.6 cm³/mol. The Kier molecular flexibility index (Phi) is 4.02. The van der Waals surface area contributed by atoms with Crippen LogP contribution in [0.25, 0.3) is 0 Å². The molecule has 0 spiro atoms. The number of carbonyl (C=O) groups is 3. The maximum Gasteiger partial charge on any atom is 0.333 e. The van der Waals surface area contributed by atoms with Crippen LogP contribution in [-0.4, -0.2) is 30.1 Å². The Morgan fingerprint density at radius 2 is 1.90 bits per heavy atom. The molecule has 2 N–H and O–H groups in total. The van der Waals surface area contributed by atoms with Gasteiger partial charge >= 0.3 is 11.9 Å². The van der Waals surface area contributed by atoms with Gasteiger partial charge in [0.15, 0.2) is 6.04 Å². The Bertz CT molecular complexity index is 528. The Labute approximate surface area is 115 Å². The van der Waals surface area contributed by atoms with Gasteiger partial charge < -0.3 is 15.2 Å². The summed E-state index contributed by atoms with van der Waals surface area (Å²) in [6.07, 6.45) is 0.309. The first-order chi connectivity index (χ1) is 9.54. The number of carboxylic acid groups (broad SMARTS) is 1. The minimum Gasteiger partial charge on any atom is -0.481 e. The van der Waals surface area contributed by atoms with Gasteiger partial charge in [-0.1, -0.05) is 30.3 Å². The van der Waals surface area contributed by atoms with E-state index < -0.39 is 35.7 Å². The number of aliphatic carboxylic acids is 1.